The summed E-state index contributed by atoms with van der Waals surface area (Å²) in [6, 6.07) is 18.4. The summed E-state index contributed by atoms with van der Waals surface area (Å²) in [5.74, 6) is -0.663. The third-order valence-electron chi connectivity index (χ3n) is 4.34. The molecular formula is C22H21N3O3. The first-order chi connectivity index (χ1) is 13.4. The Hall–Kier alpha value is -3.67. The van der Waals surface area contributed by atoms with E-state index < -0.39 is 5.91 Å². The number of aromatic nitrogens is 1. The van der Waals surface area contributed by atoms with Crippen LogP contribution in [-0.4, -0.2) is 35.4 Å². The van der Waals surface area contributed by atoms with E-state index in [1.807, 2.05) is 42.5 Å². The number of aryl methyl sites for hydroxylation is 1. The highest BCUT2D eigenvalue weighted by molar-refractivity contribution is 6.05. The summed E-state index contributed by atoms with van der Waals surface area (Å²) in [7, 11) is 4.79. The minimum Gasteiger partial charge on any atom is -0.345 e. The molecule has 142 valence electrons. The van der Waals surface area contributed by atoms with E-state index in [9.17, 15) is 14.4 Å². The van der Waals surface area contributed by atoms with Crippen LogP contribution >= 0.6 is 0 Å². The van der Waals surface area contributed by atoms with E-state index in [4.69, 9.17) is 0 Å². The van der Waals surface area contributed by atoms with Gasteiger partial charge in [0.15, 0.2) is 0 Å². The molecule has 2 aromatic carbocycles. The zero-order chi connectivity index (χ0) is 20.3. The predicted octanol–water partition coefficient (Wildman–Crippen LogP) is 3.01. The highest BCUT2D eigenvalue weighted by Crippen LogP contribution is 2.19. The van der Waals surface area contributed by atoms with Gasteiger partial charge in [0.1, 0.15) is 5.69 Å². The SMILES string of the molecule is CN(C)C(=O)c1cc(NC(=O)c2ccc(-c3ccccc3)cc2)c(=O)n(C)c1. The maximum absolute atomic E-state index is 12.6. The van der Waals surface area contributed by atoms with Gasteiger partial charge in [0, 0.05) is 32.9 Å². The molecule has 0 fully saturated rings. The van der Waals surface area contributed by atoms with E-state index >= 15 is 0 Å². The summed E-state index contributed by atoms with van der Waals surface area (Å²) in [5.41, 5.74) is 2.47. The average molecular weight is 375 g/mol. The quantitative estimate of drug-likeness (QED) is 0.762. The molecule has 0 radical (unpaired) electrons. The zero-order valence-corrected chi connectivity index (χ0v) is 16.0. The summed E-state index contributed by atoms with van der Waals surface area (Å²) in [5, 5.41) is 2.62. The lowest BCUT2D eigenvalue weighted by Gasteiger charge is -2.13. The molecule has 3 aromatic rings. The maximum Gasteiger partial charge on any atom is 0.274 e. The molecule has 0 aliphatic rings. The molecule has 6 heteroatoms. The van der Waals surface area contributed by atoms with Crippen LogP contribution in [0.4, 0.5) is 5.69 Å². The first-order valence-electron chi connectivity index (χ1n) is 8.76. The molecule has 2 amide bonds. The molecule has 1 heterocycles. The molecule has 1 N–H and O–H groups in total. The van der Waals surface area contributed by atoms with Crippen molar-refractivity contribution >= 4 is 17.5 Å². The molecule has 0 aliphatic carbocycles. The number of nitrogens with zero attached hydrogens (tertiary/aromatic N) is 2. The summed E-state index contributed by atoms with van der Waals surface area (Å²) in [6.45, 7) is 0. The highest BCUT2D eigenvalue weighted by Gasteiger charge is 2.15. The first-order valence-corrected chi connectivity index (χ1v) is 8.76. The second kappa shape index (κ2) is 7.92. The van der Waals surface area contributed by atoms with Gasteiger partial charge < -0.3 is 14.8 Å². The topological polar surface area (TPSA) is 71.4 Å². The van der Waals surface area contributed by atoms with Crippen molar-refractivity contribution in [3.63, 3.8) is 0 Å². The van der Waals surface area contributed by atoms with Gasteiger partial charge in [0.2, 0.25) is 0 Å². The lowest BCUT2D eigenvalue weighted by Crippen LogP contribution is -2.28. The fraction of sp³-hybridized carbons (Fsp3) is 0.136. The number of hydrogen-bond acceptors (Lipinski definition) is 3. The fourth-order valence-electron chi connectivity index (χ4n) is 2.82. The normalized spacial score (nSPS) is 10.4. The van der Waals surface area contributed by atoms with Crippen LogP contribution in [0, 0.1) is 0 Å². The average Bonchev–Trinajstić information content (AvgIpc) is 2.71. The molecule has 0 unspecified atom stereocenters. The third-order valence-corrected chi connectivity index (χ3v) is 4.34. The van der Waals surface area contributed by atoms with E-state index in [1.165, 1.54) is 21.7 Å². The number of carbonyl (C=O) groups is 2. The molecular weight excluding hydrogens is 354 g/mol. The van der Waals surface area contributed by atoms with Gasteiger partial charge >= 0.3 is 0 Å². The number of amides is 2. The molecule has 0 saturated carbocycles. The van der Waals surface area contributed by atoms with Crippen molar-refractivity contribution in [1.82, 2.24) is 9.47 Å². The van der Waals surface area contributed by atoms with Crippen LogP contribution in [0.3, 0.4) is 0 Å². The van der Waals surface area contributed by atoms with Crippen molar-refractivity contribution in [3.05, 3.63) is 88.3 Å². The maximum atomic E-state index is 12.6. The van der Waals surface area contributed by atoms with Crippen LogP contribution in [0.25, 0.3) is 11.1 Å². The minimum atomic E-state index is -0.411. The highest BCUT2D eigenvalue weighted by atomic mass is 16.2. The lowest BCUT2D eigenvalue weighted by atomic mass is 10.0. The summed E-state index contributed by atoms with van der Waals surface area (Å²) < 4.78 is 1.28. The lowest BCUT2D eigenvalue weighted by molar-refractivity contribution is 0.0826. The van der Waals surface area contributed by atoms with Crippen LogP contribution in [-0.2, 0) is 7.05 Å². The summed E-state index contributed by atoms with van der Waals surface area (Å²) >= 11 is 0. The Morgan fingerprint density at radius 1 is 0.893 bits per heavy atom. The monoisotopic (exact) mass is 375 g/mol. The number of rotatable bonds is 4. The number of benzene rings is 2. The summed E-state index contributed by atoms with van der Waals surface area (Å²) in [6.07, 6.45) is 1.45. The van der Waals surface area contributed by atoms with Gasteiger partial charge in [-0.15, -0.1) is 0 Å². The van der Waals surface area contributed by atoms with Gasteiger partial charge in [-0.1, -0.05) is 42.5 Å². The van der Waals surface area contributed by atoms with Gasteiger partial charge in [0.05, 0.1) is 5.56 Å². The predicted molar refractivity (Wildman–Crippen MR) is 110 cm³/mol. The largest absolute Gasteiger partial charge is 0.345 e. The molecule has 0 spiro atoms. The third kappa shape index (κ3) is 4.01. The van der Waals surface area contributed by atoms with Crippen LogP contribution in [0.2, 0.25) is 0 Å². The van der Waals surface area contributed by atoms with Crippen molar-refractivity contribution in [2.75, 3.05) is 19.4 Å². The van der Waals surface area contributed by atoms with Gasteiger partial charge in [-0.25, -0.2) is 0 Å². The Bertz CT molecular complexity index is 1070. The van der Waals surface area contributed by atoms with E-state index in [0.717, 1.165) is 11.1 Å². The number of nitrogens with one attached hydrogen (secondary N) is 1. The molecule has 0 bridgehead atoms. The summed E-state index contributed by atoms with van der Waals surface area (Å²) in [4.78, 5) is 38.5. The first kappa shape index (κ1) is 19.1. The number of carbonyl (C=O) groups excluding carboxylic acids is 2. The Labute approximate surface area is 163 Å². The van der Waals surface area contributed by atoms with Crippen LogP contribution < -0.4 is 10.9 Å². The van der Waals surface area contributed by atoms with Gasteiger partial charge in [-0.3, -0.25) is 14.4 Å². The van der Waals surface area contributed by atoms with E-state index in [2.05, 4.69) is 5.32 Å². The smallest absolute Gasteiger partial charge is 0.274 e. The van der Waals surface area contributed by atoms with Crippen LogP contribution in [0.15, 0.2) is 71.7 Å². The Balaban J connectivity index is 1.85. The van der Waals surface area contributed by atoms with Crippen molar-refractivity contribution < 1.29 is 9.59 Å². The van der Waals surface area contributed by atoms with E-state index in [0.29, 0.717) is 11.1 Å². The molecule has 0 atom stereocenters. The van der Waals surface area contributed by atoms with Crippen molar-refractivity contribution in [3.8, 4) is 11.1 Å². The Kier molecular flexibility index (Phi) is 5.40. The molecule has 3 rings (SSSR count). The van der Waals surface area contributed by atoms with Gasteiger partial charge in [0.25, 0.3) is 17.4 Å². The molecule has 1 aromatic heterocycles. The van der Waals surface area contributed by atoms with Gasteiger partial charge in [-0.2, -0.15) is 0 Å². The molecule has 0 aliphatic heterocycles. The van der Waals surface area contributed by atoms with Crippen molar-refractivity contribution in [2.45, 2.75) is 0 Å². The fourth-order valence-corrected chi connectivity index (χ4v) is 2.82. The minimum absolute atomic E-state index is 0.0623. The zero-order valence-electron chi connectivity index (χ0n) is 16.0. The number of pyridine rings is 1. The Morgan fingerprint density at radius 2 is 1.50 bits per heavy atom. The van der Waals surface area contributed by atoms with Gasteiger partial charge in [-0.05, 0) is 29.3 Å². The standard InChI is InChI=1S/C22H21N3O3/c1-24(2)21(27)18-13-19(22(28)25(3)14-18)23-20(26)17-11-9-16(10-12-17)15-7-5-4-6-8-15/h4-14H,1-3H3,(H,23,26). The van der Waals surface area contributed by atoms with Crippen molar-refractivity contribution in [2.24, 2.45) is 7.05 Å². The van der Waals surface area contributed by atoms with E-state index in [-0.39, 0.29) is 17.2 Å². The number of anilines is 1. The molecule has 6 nitrogen and oxygen atoms in total. The van der Waals surface area contributed by atoms with Crippen molar-refractivity contribution in [1.29, 1.82) is 0 Å². The Morgan fingerprint density at radius 3 is 2.11 bits per heavy atom. The second-order valence-corrected chi connectivity index (χ2v) is 6.66. The van der Waals surface area contributed by atoms with Crippen LogP contribution in [0.5, 0.6) is 0 Å². The van der Waals surface area contributed by atoms with Crippen LogP contribution in [0.1, 0.15) is 20.7 Å². The molecule has 0 saturated heterocycles. The second-order valence-electron chi connectivity index (χ2n) is 6.66. The molecule has 28 heavy (non-hydrogen) atoms. The number of hydrogen-bond donors (Lipinski definition) is 1. The van der Waals surface area contributed by atoms with E-state index in [1.54, 1.807) is 33.3 Å².